The number of sulfonamides is 1. The van der Waals surface area contributed by atoms with E-state index < -0.39 is 10.0 Å². The summed E-state index contributed by atoms with van der Waals surface area (Å²) in [5.74, 6) is 1.78. The van der Waals surface area contributed by atoms with Gasteiger partial charge in [0.25, 0.3) is 0 Å². The summed E-state index contributed by atoms with van der Waals surface area (Å²) >= 11 is 0. The number of hydrogen-bond acceptors (Lipinski definition) is 5. The fourth-order valence-corrected chi connectivity index (χ4v) is 6.63. The van der Waals surface area contributed by atoms with Crippen molar-refractivity contribution in [3.05, 3.63) is 65.5 Å². The summed E-state index contributed by atoms with van der Waals surface area (Å²) in [4.78, 5) is 0.389. The fourth-order valence-electron chi connectivity index (χ4n) is 5.16. The number of aryl methyl sites for hydroxylation is 1. The van der Waals surface area contributed by atoms with Crippen molar-refractivity contribution >= 4 is 10.0 Å². The molecule has 3 aromatic rings. The monoisotopic (exact) mass is 465 g/mol. The first-order chi connectivity index (χ1) is 16.0. The Hall–Kier alpha value is -2.51. The molecule has 1 aliphatic heterocycles. The third-order valence-electron chi connectivity index (χ3n) is 7.21. The van der Waals surface area contributed by atoms with Gasteiger partial charge in [0.05, 0.1) is 4.90 Å². The van der Waals surface area contributed by atoms with E-state index in [1.807, 2.05) is 43.3 Å². The Morgan fingerprint density at radius 3 is 2.24 bits per heavy atom. The summed E-state index contributed by atoms with van der Waals surface area (Å²) in [6.07, 6.45) is 7.62. The molecule has 7 heteroatoms. The number of piperidine rings is 1. The van der Waals surface area contributed by atoms with Crippen LogP contribution >= 0.6 is 0 Å². The molecular weight excluding hydrogens is 434 g/mol. The molecule has 1 aliphatic carbocycles. The maximum atomic E-state index is 13.2. The van der Waals surface area contributed by atoms with Crippen LogP contribution in [-0.4, -0.2) is 36.0 Å². The smallest absolute Gasteiger partial charge is 0.248 e. The Labute approximate surface area is 196 Å². The topological polar surface area (TPSA) is 76.3 Å². The van der Waals surface area contributed by atoms with Gasteiger partial charge in [-0.1, -0.05) is 49.6 Å². The van der Waals surface area contributed by atoms with Crippen molar-refractivity contribution in [1.29, 1.82) is 0 Å². The van der Waals surface area contributed by atoms with Crippen LogP contribution in [0.4, 0.5) is 0 Å². The molecule has 174 valence electrons. The Morgan fingerprint density at radius 2 is 1.55 bits per heavy atom. The van der Waals surface area contributed by atoms with Gasteiger partial charge in [0.15, 0.2) is 0 Å². The van der Waals surface area contributed by atoms with Crippen LogP contribution in [0.1, 0.15) is 73.8 Å². The zero-order chi connectivity index (χ0) is 22.8. The van der Waals surface area contributed by atoms with Crippen molar-refractivity contribution in [2.24, 2.45) is 0 Å². The summed E-state index contributed by atoms with van der Waals surface area (Å²) in [6.45, 7) is 2.93. The lowest BCUT2D eigenvalue weighted by atomic mass is 9.84. The molecule has 2 fully saturated rings. The molecule has 0 radical (unpaired) electrons. The highest BCUT2D eigenvalue weighted by Gasteiger charge is 2.32. The Bertz CT molecular complexity index is 1190. The van der Waals surface area contributed by atoms with E-state index in [4.69, 9.17) is 4.42 Å². The second kappa shape index (κ2) is 9.39. The average Bonchev–Trinajstić information content (AvgIpc) is 3.35. The van der Waals surface area contributed by atoms with Crippen LogP contribution in [0, 0.1) is 6.92 Å². The quantitative estimate of drug-likeness (QED) is 0.486. The maximum absolute atomic E-state index is 13.2. The van der Waals surface area contributed by atoms with Gasteiger partial charge in [-0.3, -0.25) is 0 Å². The van der Waals surface area contributed by atoms with E-state index in [0.29, 0.717) is 48.5 Å². The third-order valence-corrected chi connectivity index (χ3v) is 9.13. The van der Waals surface area contributed by atoms with Crippen LogP contribution in [0.3, 0.4) is 0 Å². The molecule has 5 rings (SSSR count). The summed E-state index contributed by atoms with van der Waals surface area (Å²) in [7, 11) is -3.49. The number of hydrogen-bond donors (Lipinski definition) is 0. The molecule has 1 aromatic heterocycles. The minimum Gasteiger partial charge on any atom is -0.420 e. The van der Waals surface area contributed by atoms with Crippen molar-refractivity contribution in [1.82, 2.24) is 14.5 Å². The predicted molar refractivity (Wildman–Crippen MR) is 127 cm³/mol. The van der Waals surface area contributed by atoms with Gasteiger partial charge >= 0.3 is 0 Å². The molecule has 6 nitrogen and oxygen atoms in total. The van der Waals surface area contributed by atoms with Gasteiger partial charge in [-0.15, -0.1) is 10.2 Å². The van der Waals surface area contributed by atoms with E-state index in [-0.39, 0.29) is 5.92 Å². The molecular formula is C26H31N3O3S. The molecule has 2 aliphatic rings. The molecule has 0 N–H and O–H groups in total. The van der Waals surface area contributed by atoms with E-state index in [9.17, 15) is 8.42 Å². The van der Waals surface area contributed by atoms with Gasteiger partial charge in [-0.2, -0.15) is 4.31 Å². The molecule has 0 atom stereocenters. The van der Waals surface area contributed by atoms with Crippen molar-refractivity contribution in [2.75, 3.05) is 13.1 Å². The fraction of sp³-hybridized carbons (Fsp3) is 0.462. The van der Waals surface area contributed by atoms with Crippen molar-refractivity contribution in [2.45, 2.75) is 68.6 Å². The van der Waals surface area contributed by atoms with Gasteiger partial charge < -0.3 is 4.42 Å². The summed E-state index contributed by atoms with van der Waals surface area (Å²) in [5, 5.41) is 8.51. The molecule has 0 amide bonds. The van der Waals surface area contributed by atoms with Crippen molar-refractivity contribution < 1.29 is 12.8 Å². The summed E-state index contributed by atoms with van der Waals surface area (Å²) in [5.41, 5.74) is 3.30. The first-order valence-electron chi connectivity index (χ1n) is 12.0. The Kier molecular flexibility index (Phi) is 6.34. The van der Waals surface area contributed by atoms with E-state index in [0.717, 1.165) is 11.1 Å². The zero-order valence-corrected chi connectivity index (χ0v) is 19.9. The standard InChI is InChI=1S/C26H31N3O3S/c1-19-7-5-6-10-24(19)26-28-27-25(32-26)22-15-17-29(18-16-22)33(30,31)23-13-11-21(12-14-23)20-8-3-2-4-9-20/h5-7,10-14,20,22H,2-4,8-9,15-18H2,1H3. The molecule has 33 heavy (non-hydrogen) atoms. The van der Waals surface area contributed by atoms with Crippen LogP contribution in [0.15, 0.2) is 57.8 Å². The number of rotatable bonds is 5. The SMILES string of the molecule is Cc1ccccc1-c1nnc(C2CCN(S(=O)(=O)c3ccc(C4CCCCC4)cc3)CC2)o1. The molecule has 0 unspecified atom stereocenters. The van der Waals surface area contributed by atoms with Gasteiger partial charge in [-0.25, -0.2) is 8.42 Å². The average molecular weight is 466 g/mol. The molecule has 0 spiro atoms. The lowest BCUT2D eigenvalue weighted by Crippen LogP contribution is -2.38. The van der Waals surface area contributed by atoms with Crippen LogP contribution in [0.2, 0.25) is 0 Å². The second-order valence-electron chi connectivity index (χ2n) is 9.34. The van der Waals surface area contributed by atoms with Crippen LogP contribution in [0.5, 0.6) is 0 Å². The lowest BCUT2D eigenvalue weighted by Gasteiger charge is -2.29. The van der Waals surface area contributed by atoms with Crippen molar-refractivity contribution in [3.8, 4) is 11.5 Å². The van der Waals surface area contributed by atoms with Gasteiger partial charge in [0.1, 0.15) is 0 Å². The Balaban J connectivity index is 1.24. The predicted octanol–water partition coefficient (Wildman–Crippen LogP) is 5.66. The summed E-state index contributed by atoms with van der Waals surface area (Å²) < 4.78 is 34.0. The van der Waals surface area contributed by atoms with Crippen LogP contribution in [0.25, 0.3) is 11.5 Å². The number of benzene rings is 2. The molecule has 2 aromatic carbocycles. The van der Waals surface area contributed by atoms with E-state index in [2.05, 4.69) is 10.2 Å². The highest BCUT2D eigenvalue weighted by Crippen LogP contribution is 2.35. The molecule has 2 heterocycles. The van der Waals surface area contributed by atoms with E-state index in [1.54, 1.807) is 16.4 Å². The lowest BCUT2D eigenvalue weighted by molar-refractivity contribution is 0.291. The molecule has 0 bridgehead atoms. The summed E-state index contributed by atoms with van der Waals surface area (Å²) in [6, 6.07) is 15.5. The minimum atomic E-state index is -3.49. The highest BCUT2D eigenvalue weighted by molar-refractivity contribution is 7.89. The van der Waals surface area contributed by atoms with Crippen LogP contribution in [-0.2, 0) is 10.0 Å². The molecule has 1 saturated heterocycles. The number of nitrogens with zero attached hydrogens (tertiary/aromatic N) is 3. The largest absolute Gasteiger partial charge is 0.420 e. The first kappa shape index (κ1) is 22.3. The normalized spacial score (nSPS) is 19.1. The second-order valence-corrected chi connectivity index (χ2v) is 11.3. The van der Waals surface area contributed by atoms with E-state index >= 15 is 0 Å². The molecule has 1 saturated carbocycles. The van der Waals surface area contributed by atoms with E-state index in [1.165, 1.54) is 37.7 Å². The first-order valence-corrected chi connectivity index (χ1v) is 13.5. The maximum Gasteiger partial charge on any atom is 0.248 e. The highest BCUT2D eigenvalue weighted by atomic mass is 32.2. The van der Waals surface area contributed by atoms with Crippen LogP contribution < -0.4 is 0 Å². The number of aromatic nitrogens is 2. The van der Waals surface area contributed by atoms with Gasteiger partial charge in [0, 0.05) is 24.6 Å². The zero-order valence-electron chi connectivity index (χ0n) is 19.1. The van der Waals surface area contributed by atoms with Gasteiger partial charge in [0.2, 0.25) is 21.8 Å². The van der Waals surface area contributed by atoms with Crippen molar-refractivity contribution in [3.63, 3.8) is 0 Å². The third kappa shape index (κ3) is 4.62. The minimum absolute atomic E-state index is 0.0791. The van der Waals surface area contributed by atoms with Gasteiger partial charge in [-0.05, 0) is 67.9 Å². The Morgan fingerprint density at radius 1 is 0.848 bits per heavy atom.